The number of nitrogens with zero attached hydrogens (tertiary/aromatic N) is 1. The van der Waals surface area contributed by atoms with Crippen molar-refractivity contribution < 1.29 is 28.5 Å². The van der Waals surface area contributed by atoms with Gasteiger partial charge in [0, 0.05) is 11.8 Å². The van der Waals surface area contributed by atoms with Crippen LogP contribution in [0, 0.1) is 11.7 Å². The highest BCUT2D eigenvalue weighted by atomic mass is 19.1. The van der Waals surface area contributed by atoms with E-state index < -0.39 is 23.9 Å². The summed E-state index contributed by atoms with van der Waals surface area (Å²) >= 11 is 0. The molecule has 7 heteroatoms. The normalized spacial score (nSPS) is 20.2. The summed E-state index contributed by atoms with van der Waals surface area (Å²) in [5, 5.41) is 20.2. The number of aliphatic hydroxyl groups excluding tert-OH is 1. The van der Waals surface area contributed by atoms with E-state index in [4.69, 9.17) is 4.74 Å². The molecular weight excluding hydrogens is 392 g/mol. The molecule has 2 aromatic carbocycles. The molecule has 156 valence electrons. The predicted molar refractivity (Wildman–Crippen MR) is 109 cm³/mol. The number of anilines is 1. The van der Waals surface area contributed by atoms with E-state index in [9.17, 15) is 23.8 Å². The van der Waals surface area contributed by atoms with Gasteiger partial charge in [-0.3, -0.25) is 4.79 Å². The lowest BCUT2D eigenvalue weighted by molar-refractivity contribution is -0.137. The summed E-state index contributed by atoms with van der Waals surface area (Å²) in [5.41, 5.74) is 1.17. The molecule has 3 rings (SSSR count). The van der Waals surface area contributed by atoms with Gasteiger partial charge < -0.3 is 19.8 Å². The molecule has 0 saturated carbocycles. The van der Waals surface area contributed by atoms with E-state index in [2.05, 4.69) is 6.58 Å². The Balaban J connectivity index is 1.85. The molecule has 30 heavy (non-hydrogen) atoms. The minimum atomic E-state index is -1.19. The monoisotopic (exact) mass is 413 g/mol. The van der Waals surface area contributed by atoms with Crippen LogP contribution < -0.4 is 4.90 Å². The van der Waals surface area contributed by atoms with Crippen molar-refractivity contribution >= 4 is 11.6 Å². The van der Waals surface area contributed by atoms with Crippen molar-refractivity contribution in [2.45, 2.75) is 12.1 Å². The zero-order valence-corrected chi connectivity index (χ0v) is 16.0. The van der Waals surface area contributed by atoms with E-state index in [1.807, 2.05) is 0 Å². The molecule has 2 aromatic rings. The van der Waals surface area contributed by atoms with Gasteiger partial charge >= 0.3 is 0 Å². The average Bonchev–Trinajstić information content (AvgIpc) is 2.73. The van der Waals surface area contributed by atoms with Crippen LogP contribution in [-0.4, -0.2) is 28.8 Å². The molecular formula is C23H21F2NO4. The molecule has 3 atom stereocenters. The summed E-state index contributed by atoms with van der Waals surface area (Å²) < 4.78 is 31.2. The van der Waals surface area contributed by atoms with Crippen LogP contribution in [-0.2, 0) is 9.53 Å². The van der Waals surface area contributed by atoms with Crippen LogP contribution >= 0.6 is 0 Å². The first-order valence-corrected chi connectivity index (χ1v) is 9.24. The van der Waals surface area contributed by atoms with Gasteiger partial charge in [0.15, 0.2) is 0 Å². The molecule has 1 aliphatic heterocycles. The minimum absolute atomic E-state index is 0.0652. The van der Waals surface area contributed by atoms with Crippen LogP contribution in [0.2, 0.25) is 0 Å². The number of phenols is 1. The topological polar surface area (TPSA) is 70.0 Å². The fourth-order valence-electron chi connectivity index (χ4n) is 3.42. The predicted octanol–water partition coefficient (Wildman–Crippen LogP) is 4.17. The van der Waals surface area contributed by atoms with Crippen molar-refractivity contribution in [2.75, 3.05) is 11.5 Å². The number of phenolic OH excluding ortho intramolecular Hbond substituents is 1. The molecule has 1 fully saturated rings. The minimum Gasteiger partial charge on any atom is -0.508 e. The zero-order valence-electron chi connectivity index (χ0n) is 16.0. The molecule has 0 radical (unpaired) electrons. The summed E-state index contributed by atoms with van der Waals surface area (Å²) in [5.74, 6) is -1.41. The third kappa shape index (κ3) is 4.41. The van der Waals surface area contributed by atoms with Crippen LogP contribution in [0.3, 0.4) is 0 Å². The summed E-state index contributed by atoms with van der Waals surface area (Å²) in [4.78, 5) is 14.4. The molecule has 0 aromatic heterocycles. The van der Waals surface area contributed by atoms with Crippen LogP contribution in [0.5, 0.6) is 5.75 Å². The number of benzene rings is 2. The highest BCUT2D eigenvalue weighted by molar-refractivity contribution is 6.03. The smallest absolute Gasteiger partial charge is 0.235 e. The zero-order chi connectivity index (χ0) is 21.7. The van der Waals surface area contributed by atoms with E-state index in [-0.39, 0.29) is 24.0 Å². The number of hydrogen-bond acceptors (Lipinski definition) is 4. The maximum atomic E-state index is 13.3. The van der Waals surface area contributed by atoms with Gasteiger partial charge in [-0.25, -0.2) is 8.78 Å². The lowest BCUT2D eigenvalue weighted by Gasteiger charge is -2.49. The van der Waals surface area contributed by atoms with Crippen LogP contribution in [0.15, 0.2) is 85.4 Å². The first-order chi connectivity index (χ1) is 14.5. The van der Waals surface area contributed by atoms with Crippen molar-refractivity contribution in [3.05, 3.63) is 96.8 Å². The summed E-state index contributed by atoms with van der Waals surface area (Å²) in [6, 6.07) is 11.2. The Morgan fingerprint density at radius 2 is 1.87 bits per heavy atom. The van der Waals surface area contributed by atoms with Crippen molar-refractivity contribution in [3.8, 4) is 5.75 Å². The molecule has 1 saturated heterocycles. The third-order valence-corrected chi connectivity index (χ3v) is 4.82. The Hall–Kier alpha value is -3.45. The Labute approximate surface area is 172 Å². The largest absolute Gasteiger partial charge is 0.508 e. The number of aromatic hydroxyl groups is 1. The number of hydrogen-bond donors (Lipinski definition) is 2. The number of aliphatic hydroxyl groups is 1. The van der Waals surface area contributed by atoms with Crippen molar-refractivity contribution in [1.82, 2.24) is 0 Å². The molecule has 2 N–H and O–H groups in total. The molecule has 0 aliphatic carbocycles. The summed E-state index contributed by atoms with van der Waals surface area (Å²) in [7, 11) is 0. The van der Waals surface area contributed by atoms with Crippen LogP contribution in [0.4, 0.5) is 14.5 Å². The molecule has 1 amide bonds. The van der Waals surface area contributed by atoms with Gasteiger partial charge in [-0.15, -0.1) is 0 Å². The summed E-state index contributed by atoms with van der Waals surface area (Å²) in [6.07, 6.45) is 3.01. The first-order valence-electron chi connectivity index (χ1n) is 9.24. The SMILES string of the molecule is C=C/C=C(\C=C/F)OCC(O)C1C(=O)N(c2ccc(F)cc2)C1c1ccc(O)cc1. The van der Waals surface area contributed by atoms with Gasteiger partial charge in [-0.1, -0.05) is 24.8 Å². The van der Waals surface area contributed by atoms with E-state index in [0.717, 1.165) is 6.08 Å². The maximum absolute atomic E-state index is 13.3. The lowest BCUT2D eigenvalue weighted by atomic mass is 9.78. The first kappa shape index (κ1) is 21.3. The quantitative estimate of drug-likeness (QED) is 0.387. The number of β-lactam (4-membered cyclic amide) rings is 1. The second kappa shape index (κ2) is 9.37. The maximum Gasteiger partial charge on any atom is 0.235 e. The molecule has 1 aliphatic rings. The second-order valence-corrected chi connectivity index (χ2v) is 6.72. The fourth-order valence-corrected chi connectivity index (χ4v) is 3.42. The fraction of sp³-hybridized carbons (Fsp3) is 0.174. The van der Waals surface area contributed by atoms with Crippen LogP contribution in [0.1, 0.15) is 11.6 Å². The average molecular weight is 413 g/mol. The second-order valence-electron chi connectivity index (χ2n) is 6.72. The van der Waals surface area contributed by atoms with Gasteiger partial charge in [-0.2, -0.15) is 0 Å². The number of amides is 1. The number of carbonyl (C=O) groups excluding carboxylic acids is 1. The lowest BCUT2D eigenvalue weighted by Crippen LogP contribution is -2.60. The molecule has 5 nitrogen and oxygen atoms in total. The Kier molecular flexibility index (Phi) is 6.64. The van der Waals surface area contributed by atoms with E-state index in [1.54, 1.807) is 12.1 Å². The Bertz CT molecular complexity index is 954. The van der Waals surface area contributed by atoms with E-state index in [0.29, 0.717) is 17.6 Å². The Morgan fingerprint density at radius 1 is 1.20 bits per heavy atom. The van der Waals surface area contributed by atoms with Crippen LogP contribution in [0.25, 0.3) is 0 Å². The van der Waals surface area contributed by atoms with Crippen molar-refractivity contribution in [3.63, 3.8) is 0 Å². The van der Waals surface area contributed by atoms with Crippen molar-refractivity contribution in [1.29, 1.82) is 0 Å². The number of rotatable bonds is 8. The number of carbonyl (C=O) groups is 1. The third-order valence-electron chi connectivity index (χ3n) is 4.82. The van der Waals surface area contributed by atoms with Crippen molar-refractivity contribution in [2.24, 2.45) is 5.92 Å². The molecule has 0 spiro atoms. The number of ether oxygens (including phenoxy) is 1. The summed E-state index contributed by atoms with van der Waals surface area (Å²) in [6.45, 7) is 3.27. The standard InChI is InChI=1S/C23H21F2NO4/c1-2-3-19(12-13-24)30-14-20(28)21-22(15-4-10-18(27)11-5-15)26(23(21)29)17-8-6-16(25)7-9-17/h2-13,20-22,27-28H,1,14H2/b13-12-,19-3+. The molecule has 1 heterocycles. The van der Waals surface area contributed by atoms with Gasteiger partial charge in [0.1, 0.15) is 30.0 Å². The Morgan fingerprint density at radius 3 is 2.47 bits per heavy atom. The van der Waals surface area contributed by atoms with E-state index in [1.165, 1.54) is 53.5 Å². The highest BCUT2D eigenvalue weighted by Gasteiger charge is 2.52. The van der Waals surface area contributed by atoms with Gasteiger partial charge in [-0.05, 0) is 48.0 Å². The van der Waals surface area contributed by atoms with Gasteiger partial charge in [0.05, 0.1) is 18.3 Å². The van der Waals surface area contributed by atoms with E-state index >= 15 is 0 Å². The van der Waals surface area contributed by atoms with Gasteiger partial charge in [0.25, 0.3) is 0 Å². The highest BCUT2D eigenvalue weighted by Crippen LogP contribution is 2.45. The number of allylic oxidation sites excluding steroid dienone is 3. The van der Waals surface area contributed by atoms with Gasteiger partial charge in [0.2, 0.25) is 5.91 Å². The molecule has 0 bridgehead atoms. The number of halogens is 2. The molecule has 3 unspecified atom stereocenters.